The number of carbonyl (C=O) groups is 2. The van der Waals surface area contributed by atoms with Gasteiger partial charge in [0.1, 0.15) is 0 Å². The molecule has 1 aromatic carbocycles. The second kappa shape index (κ2) is 8.01. The molecule has 5 nitrogen and oxygen atoms in total. The van der Waals surface area contributed by atoms with Crippen LogP contribution in [0.1, 0.15) is 58.6 Å². The molecule has 1 amide bonds. The van der Waals surface area contributed by atoms with E-state index in [1.165, 1.54) is 25.5 Å². The smallest absolute Gasteiger partial charge is 0.338 e. The van der Waals surface area contributed by atoms with Gasteiger partial charge in [0.05, 0.1) is 18.4 Å². The van der Waals surface area contributed by atoms with Crippen molar-refractivity contribution in [3.63, 3.8) is 0 Å². The van der Waals surface area contributed by atoms with Crippen LogP contribution in [0.15, 0.2) is 41.0 Å². The summed E-state index contributed by atoms with van der Waals surface area (Å²) in [6.45, 7) is 2.34. The zero-order valence-electron chi connectivity index (χ0n) is 14.4. The summed E-state index contributed by atoms with van der Waals surface area (Å²) in [5, 5.41) is 2.77. The van der Waals surface area contributed by atoms with E-state index in [9.17, 15) is 9.59 Å². The van der Waals surface area contributed by atoms with Crippen molar-refractivity contribution in [2.24, 2.45) is 5.92 Å². The molecule has 0 radical (unpaired) electrons. The van der Waals surface area contributed by atoms with Gasteiger partial charge in [0.25, 0.3) is 5.91 Å². The fraction of sp³-hybridized carbons (Fsp3) is 0.400. The molecule has 0 saturated heterocycles. The van der Waals surface area contributed by atoms with Crippen molar-refractivity contribution in [1.29, 1.82) is 0 Å². The van der Waals surface area contributed by atoms with Gasteiger partial charge >= 0.3 is 5.97 Å². The first kappa shape index (κ1) is 17.3. The number of amides is 1. The Morgan fingerprint density at radius 2 is 2.00 bits per heavy atom. The zero-order valence-corrected chi connectivity index (χ0v) is 14.4. The maximum Gasteiger partial charge on any atom is 0.338 e. The van der Waals surface area contributed by atoms with E-state index in [0.29, 0.717) is 23.8 Å². The molecule has 0 atom stereocenters. The Labute approximate surface area is 147 Å². The van der Waals surface area contributed by atoms with Crippen LogP contribution in [0, 0.1) is 12.8 Å². The number of esters is 1. The summed E-state index contributed by atoms with van der Waals surface area (Å²) in [7, 11) is 0. The van der Waals surface area contributed by atoms with Crippen LogP contribution in [-0.2, 0) is 4.74 Å². The van der Waals surface area contributed by atoms with Crippen molar-refractivity contribution in [3.8, 4) is 0 Å². The molecule has 132 valence electrons. The molecule has 1 saturated carbocycles. The normalized spacial score (nSPS) is 14.9. The third-order valence-corrected chi connectivity index (χ3v) is 4.64. The van der Waals surface area contributed by atoms with Gasteiger partial charge < -0.3 is 14.5 Å². The van der Waals surface area contributed by atoms with Crippen LogP contribution in [0.25, 0.3) is 0 Å². The summed E-state index contributed by atoms with van der Waals surface area (Å²) in [5.74, 6) is 0.00541. The van der Waals surface area contributed by atoms with Crippen LogP contribution in [0.4, 0.5) is 5.69 Å². The second-order valence-electron chi connectivity index (χ2n) is 6.56. The number of hydrogen-bond donors (Lipinski definition) is 1. The lowest BCUT2D eigenvalue weighted by Crippen LogP contribution is -2.17. The number of furan rings is 1. The molecule has 1 N–H and O–H groups in total. The first-order chi connectivity index (χ1) is 12.1. The highest BCUT2D eigenvalue weighted by molar-refractivity contribution is 6.03. The van der Waals surface area contributed by atoms with Gasteiger partial charge in [0.2, 0.25) is 0 Å². The fourth-order valence-corrected chi connectivity index (χ4v) is 3.11. The standard InChI is InChI=1S/C20H23NO4/c1-14-9-10-16(20(23)25-13-15-6-3-2-4-7-15)12-17(14)21-19(22)18-8-5-11-24-18/h5,8-12,15H,2-4,6-7,13H2,1H3,(H,21,22). The summed E-state index contributed by atoms with van der Waals surface area (Å²) in [4.78, 5) is 24.4. The van der Waals surface area contributed by atoms with E-state index in [1.807, 2.05) is 6.92 Å². The van der Waals surface area contributed by atoms with E-state index in [1.54, 1.807) is 30.3 Å². The molecule has 3 rings (SSSR count). The molecule has 0 spiro atoms. The van der Waals surface area contributed by atoms with Gasteiger partial charge in [-0.15, -0.1) is 0 Å². The lowest BCUT2D eigenvalue weighted by atomic mass is 9.90. The Morgan fingerprint density at radius 3 is 2.72 bits per heavy atom. The van der Waals surface area contributed by atoms with Crippen molar-refractivity contribution in [2.75, 3.05) is 11.9 Å². The van der Waals surface area contributed by atoms with Gasteiger partial charge in [0, 0.05) is 5.69 Å². The van der Waals surface area contributed by atoms with Crippen LogP contribution in [0.5, 0.6) is 0 Å². The quantitative estimate of drug-likeness (QED) is 0.808. The molecule has 0 unspecified atom stereocenters. The minimum atomic E-state index is -0.348. The third-order valence-electron chi connectivity index (χ3n) is 4.64. The van der Waals surface area contributed by atoms with Crippen molar-refractivity contribution in [2.45, 2.75) is 39.0 Å². The number of carbonyl (C=O) groups excluding carboxylic acids is 2. The number of aryl methyl sites for hydroxylation is 1. The summed E-state index contributed by atoms with van der Waals surface area (Å²) in [5.41, 5.74) is 1.88. The van der Waals surface area contributed by atoms with Crippen LogP contribution < -0.4 is 5.32 Å². The highest BCUT2D eigenvalue weighted by atomic mass is 16.5. The lowest BCUT2D eigenvalue weighted by molar-refractivity contribution is 0.0410. The van der Waals surface area contributed by atoms with E-state index in [2.05, 4.69) is 5.32 Å². The molecule has 0 aliphatic heterocycles. The van der Waals surface area contributed by atoms with Crippen LogP contribution in [-0.4, -0.2) is 18.5 Å². The predicted octanol–water partition coefficient (Wildman–Crippen LogP) is 4.58. The van der Waals surface area contributed by atoms with Crippen molar-refractivity contribution >= 4 is 17.6 Å². The highest BCUT2D eigenvalue weighted by Crippen LogP contribution is 2.24. The van der Waals surface area contributed by atoms with Gasteiger partial charge in [-0.2, -0.15) is 0 Å². The molecule has 1 heterocycles. The molecular weight excluding hydrogens is 318 g/mol. The maximum absolute atomic E-state index is 12.3. The lowest BCUT2D eigenvalue weighted by Gasteiger charge is -2.21. The second-order valence-corrected chi connectivity index (χ2v) is 6.56. The molecule has 2 aromatic rings. The summed E-state index contributed by atoms with van der Waals surface area (Å²) >= 11 is 0. The zero-order chi connectivity index (χ0) is 17.6. The maximum atomic E-state index is 12.3. The van der Waals surface area contributed by atoms with Crippen molar-refractivity contribution in [1.82, 2.24) is 0 Å². The Balaban J connectivity index is 1.63. The number of anilines is 1. The minimum absolute atomic E-state index is 0.227. The summed E-state index contributed by atoms with van der Waals surface area (Å²) < 4.78 is 10.6. The topological polar surface area (TPSA) is 68.5 Å². The largest absolute Gasteiger partial charge is 0.462 e. The average molecular weight is 341 g/mol. The fourth-order valence-electron chi connectivity index (χ4n) is 3.11. The monoisotopic (exact) mass is 341 g/mol. The first-order valence-electron chi connectivity index (χ1n) is 8.76. The van der Waals surface area contributed by atoms with E-state index >= 15 is 0 Å². The Hall–Kier alpha value is -2.56. The summed E-state index contributed by atoms with van der Waals surface area (Å²) in [6.07, 6.45) is 7.42. The first-order valence-corrected chi connectivity index (χ1v) is 8.76. The van der Waals surface area contributed by atoms with Crippen LogP contribution in [0.3, 0.4) is 0 Å². The molecule has 1 fully saturated rings. The Kier molecular flexibility index (Phi) is 5.53. The van der Waals surface area contributed by atoms with Crippen molar-refractivity contribution in [3.05, 3.63) is 53.5 Å². The average Bonchev–Trinajstić information content (AvgIpc) is 3.17. The minimum Gasteiger partial charge on any atom is -0.462 e. The van der Waals surface area contributed by atoms with E-state index in [-0.39, 0.29) is 17.6 Å². The summed E-state index contributed by atoms with van der Waals surface area (Å²) in [6, 6.07) is 8.42. The molecule has 1 aliphatic carbocycles. The number of benzene rings is 1. The van der Waals surface area contributed by atoms with E-state index in [0.717, 1.165) is 18.4 Å². The molecule has 5 heteroatoms. The molecule has 1 aromatic heterocycles. The highest BCUT2D eigenvalue weighted by Gasteiger charge is 2.17. The SMILES string of the molecule is Cc1ccc(C(=O)OCC2CCCCC2)cc1NC(=O)c1ccco1. The van der Waals surface area contributed by atoms with Gasteiger partial charge in [-0.1, -0.05) is 25.3 Å². The van der Waals surface area contributed by atoms with Gasteiger partial charge in [-0.05, 0) is 55.5 Å². The molecular formula is C20H23NO4. The van der Waals surface area contributed by atoms with Gasteiger partial charge in [0.15, 0.2) is 5.76 Å². The van der Waals surface area contributed by atoms with Gasteiger partial charge in [-0.3, -0.25) is 4.79 Å². The Morgan fingerprint density at radius 1 is 1.20 bits per heavy atom. The third kappa shape index (κ3) is 4.50. The van der Waals surface area contributed by atoms with Crippen LogP contribution in [0.2, 0.25) is 0 Å². The van der Waals surface area contributed by atoms with E-state index < -0.39 is 0 Å². The predicted molar refractivity (Wildman–Crippen MR) is 94.7 cm³/mol. The Bertz CT molecular complexity index is 730. The van der Waals surface area contributed by atoms with E-state index in [4.69, 9.17) is 9.15 Å². The number of nitrogens with one attached hydrogen (secondary N) is 1. The molecule has 0 bridgehead atoms. The number of rotatable bonds is 5. The van der Waals surface area contributed by atoms with Crippen molar-refractivity contribution < 1.29 is 18.7 Å². The van der Waals surface area contributed by atoms with Crippen LogP contribution >= 0.6 is 0 Å². The number of hydrogen-bond acceptors (Lipinski definition) is 4. The molecule has 1 aliphatic rings. The number of ether oxygens (including phenoxy) is 1. The van der Waals surface area contributed by atoms with Gasteiger partial charge in [-0.25, -0.2) is 4.79 Å². The molecule has 25 heavy (non-hydrogen) atoms.